The van der Waals surface area contributed by atoms with Crippen molar-refractivity contribution in [3.8, 4) is 0 Å². The topological polar surface area (TPSA) is 95.9 Å². The van der Waals surface area contributed by atoms with Crippen molar-refractivity contribution in [2.24, 2.45) is 0 Å². The molecule has 1 saturated heterocycles. The third kappa shape index (κ3) is 8.19. The van der Waals surface area contributed by atoms with Crippen molar-refractivity contribution in [1.82, 2.24) is 5.32 Å². The van der Waals surface area contributed by atoms with Crippen LogP contribution in [0.5, 0.6) is 0 Å². The molecule has 2 N–H and O–H groups in total. The molecule has 0 bridgehead atoms. The zero-order valence-electron chi connectivity index (χ0n) is 25.0. The van der Waals surface area contributed by atoms with E-state index in [9.17, 15) is 31.5 Å². The van der Waals surface area contributed by atoms with Gasteiger partial charge in [-0.15, -0.1) is 0 Å². The van der Waals surface area contributed by atoms with Gasteiger partial charge in [0, 0.05) is 23.7 Å². The highest BCUT2D eigenvalue weighted by Gasteiger charge is 2.32. The molecule has 1 aliphatic heterocycles. The van der Waals surface area contributed by atoms with Crippen molar-refractivity contribution in [2.45, 2.75) is 68.8 Å². The van der Waals surface area contributed by atoms with Crippen LogP contribution in [0.25, 0.3) is 0 Å². The lowest BCUT2D eigenvalue weighted by Crippen LogP contribution is -2.45. The van der Waals surface area contributed by atoms with Crippen molar-refractivity contribution >= 4 is 21.4 Å². The van der Waals surface area contributed by atoms with Crippen LogP contribution in [0.1, 0.15) is 72.6 Å². The lowest BCUT2D eigenvalue weighted by molar-refractivity contribution is -0.137. The fourth-order valence-electron chi connectivity index (χ4n) is 5.39. The number of alkyl halides is 3. The van der Waals surface area contributed by atoms with Crippen LogP contribution in [-0.4, -0.2) is 57.1 Å². The first-order valence-corrected chi connectivity index (χ1v) is 16.4. The predicted molar refractivity (Wildman–Crippen MR) is 164 cm³/mol. The van der Waals surface area contributed by atoms with Crippen molar-refractivity contribution in [3.05, 3.63) is 95.1 Å². The summed E-state index contributed by atoms with van der Waals surface area (Å²) in [7, 11) is -3.37. The molecule has 3 atom stereocenters. The van der Waals surface area contributed by atoms with E-state index in [1.165, 1.54) is 12.1 Å². The van der Waals surface area contributed by atoms with Gasteiger partial charge in [-0.1, -0.05) is 31.2 Å². The van der Waals surface area contributed by atoms with Gasteiger partial charge in [-0.05, 0) is 86.3 Å². The fourth-order valence-corrected chi connectivity index (χ4v) is 6.28. The molecule has 4 rings (SSSR count). The van der Waals surface area contributed by atoms with Crippen LogP contribution < -0.4 is 10.2 Å². The molecule has 0 aliphatic carbocycles. The number of nitrogens with zero attached hydrogens (tertiary/aromatic N) is 1. The van der Waals surface area contributed by atoms with Gasteiger partial charge >= 0.3 is 6.18 Å². The van der Waals surface area contributed by atoms with E-state index >= 15 is 0 Å². The van der Waals surface area contributed by atoms with Crippen LogP contribution in [-0.2, 0) is 20.8 Å². The average molecular weight is 633 g/mol. The normalized spacial score (nSPS) is 18.3. The van der Waals surface area contributed by atoms with Crippen molar-refractivity contribution in [2.75, 3.05) is 30.4 Å². The van der Waals surface area contributed by atoms with Crippen molar-refractivity contribution in [1.29, 1.82) is 0 Å². The molecular formula is C33H39F3N2O5S. The highest BCUT2D eigenvalue weighted by Crippen LogP contribution is 2.36. The highest BCUT2D eigenvalue weighted by atomic mass is 32.2. The SMILES string of the molecule is CCS(=O)(=O)c1ccc([C@H](CO)NC(=O)c2ccc(N3CC(c4ccc(C(F)(F)F)cc4)CC[C@H]3COC(C)C)cc2)cc1. The summed E-state index contributed by atoms with van der Waals surface area (Å²) in [5, 5.41) is 12.8. The molecule has 0 aromatic heterocycles. The van der Waals surface area contributed by atoms with Gasteiger partial charge in [0.05, 0.1) is 47.6 Å². The molecule has 44 heavy (non-hydrogen) atoms. The third-order valence-electron chi connectivity index (χ3n) is 8.01. The Balaban J connectivity index is 1.49. The molecule has 0 saturated carbocycles. The van der Waals surface area contributed by atoms with E-state index in [0.29, 0.717) is 24.3 Å². The number of sulfone groups is 1. The van der Waals surface area contributed by atoms with Gasteiger partial charge in [0.15, 0.2) is 9.84 Å². The van der Waals surface area contributed by atoms with Gasteiger partial charge in [0.1, 0.15) is 0 Å². The molecule has 11 heteroatoms. The fraction of sp³-hybridized carbons (Fsp3) is 0.424. The van der Waals surface area contributed by atoms with Gasteiger partial charge in [-0.2, -0.15) is 13.2 Å². The maximum Gasteiger partial charge on any atom is 0.416 e. The summed E-state index contributed by atoms with van der Waals surface area (Å²) in [6.07, 6.45) is -2.74. The first kappa shape index (κ1) is 33.5. The quantitative estimate of drug-likeness (QED) is 0.264. The molecule has 7 nitrogen and oxygen atoms in total. The number of carbonyl (C=O) groups is 1. The lowest BCUT2D eigenvalue weighted by Gasteiger charge is -2.41. The number of rotatable bonds is 11. The molecule has 0 radical (unpaired) electrons. The number of piperidine rings is 1. The maximum atomic E-state index is 13.1. The van der Waals surface area contributed by atoms with E-state index in [1.54, 1.807) is 43.3 Å². The van der Waals surface area contributed by atoms with Crippen LogP contribution in [0.2, 0.25) is 0 Å². The van der Waals surface area contributed by atoms with E-state index in [4.69, 9.17) is 4.74 Å². The molecule has 1 aliphatic rings. The minimum absolute atomic E-state index is 0.0266. The summed E-state index contributed by atoms with van der Waals surface area (Å²) < 4.78 is 69.4. The van der Waals surface area contributed by atoms with E-state index in [1.807, 2.05) is 26.0 Å². The molecule has 1 fully saturated rings. The summed E-state index contributed by atoms with van der Waals surface area (Å²) in [4.78, 5) is 15.5. The number of amides is 1. The Hall–Kier alpha value is -3.41. The van der Waals surface area contributed by atoms with E-state index < -0.39 is 33.5 Å². The molecule has 0 spiro atoms. The second-order valence-electron chi connectivity index (χ2n) is 11.3. The number of aliphatic hydroxyl groups is 1. The molecule has 3 aromatic rings. The molecule has 238 valence electrons. The summed E-state index contributed by atoms with van der Waals surface area (Å²) >= 11 is 0. The summed E-state index contributed by atoms with van der Waals surface area (Å²) in [5.41, 5.74) is 1.99. The van der Waals surface area contributed by atoms with E-state index in [2.05, 4.69) is 10.2 Å². The standard InChI is InChI=1S/C33H39F3N2O5S/c1-4-44(41,42)30-17-10-24(11-18-30)31(20-39)37-32(40)25-7-14-28(15-8-25)38-19-26(9-16-29(38)21-43-22(2)3)23-5-12-27(13-6-23)33(34,35)36/h5-8,10-15,17-18,22,26,29,31,39H,4,9,16,19-21H2,1-3H3,(H,37,40)/t26?,29-,31-/m0/s1. The minimum atomic E-state index is -4.38. The first-order chi connectivity index (χ1) is 20.8. The Morgan fingerprint density at radius 1 is 1.00 bits per heavy atom. The Morgan fingerprint density at radius 3 is 2.18 bits per heavy atom. The lowest BCUT2D eigenvalue weighted by atomic mass is 9.86. The minimum Gasteiger partial charge on any atom is -0.394 e. The number of hydrogen-bond donors (Lipinski definition) is 2. The Labute approximate surface area is 257 Å². The van der Waals surface area contributed by atoms with Crippen molar-refractivity contribution in [3.63, 3.8) is 0 Å². The van der Waals surface area contributed by atoms with Crippen LogP contribution in [0.3, 0.4) is 0 Å². The summed E-state index contributed by atoms with van der Waals surface area (Å²) in [6, 6.07) is 17.8. The summed E-state index contributed by atoms with van der Waals surface area (Å²) in [5.74, 6) is -0.400. The van der Waals surface area contributed by atoms with Crippen LogP contribution >= 0.6 is 0 Å². The van der Waals surface area contributed by atoms with Gasteiger partial charge in [-0.3, -0.25) is 4.79 Å². The number of hydrogen-bond acceptors (Lipinski definition) is 6. The second kappa shape index (κ2) is 14.1. The third-order valence-corrected chi connectivity index (χ3v) is 9.76. The maximum absolute atomic E-state index is 13.1. The monoisotopic (exact) mass is 632 g/mol. The number of ether oxygens (including phenoxy) is 1. The van der Waals surface area contributed by atoms with E-state index in [-0.39, 0.29) is 35.3 Å². The molecule has 1 unspecified atom stereocenters. The molecular weight excluding hydrogens is 593 g/mol. The van der Waals surface area contributed by atoms with Crippen LogP contribution in [0.15, 0.2) is 77.7 Å². The predicted octanol–water partition coefficient (Wildman–Crippen LogP) is 6.14. The zero-order valence-corrected chi connectivity index (χ0v) is 25.9. The number of benzene rings is 3. The average Bonchev–Trinajstić information content (AvgIpc) is 3.02. The molecule has 3 aromatic carbocycles. The smallest absolute Gasteiger partial charge is 0.394 e. The number of halogens is 3. The van der Waals surface area contributed by atoms with Gasteiger partial charge in [0.2, 0.25) is 0 Å². The number of aliphatic hydroxyl groups excluding tert-OH is 1. The zero-order chi connectivity index (χ0) is 32.1. The number of nitrogens with one attached hydrogen (secondary N) is 1. The second-order valence-corrected chi connectivity index (χ2v) is 13.6. The molecule has 1 heterocycles. The van der Waals surface area contributed by atoms with Crippen LogP contribution in [0.4, 0.5) is 18.9 Å². The van der Waals surface area contributed by atoms with Gasteiger partial charge in [-0.25, -0.2) is 8.42 Å². The number of carbonyl (C=O) groups excluding carboxylic acids is 1. The van der Waals surface area contributed by atoms with Crippen LogP contribution in [0, 0.1) is 0 Å². The Morgan fingerprint density at radius 2 is 1.64 bits per heavy atom. The van der Waals surface area contributed by atoms with E-state index in [0.717, 1.165) is 36.2 Å². The summed E-state index contributed by atoms with van der Waals surface area (Å²) in [6.45, 7) is 6.20. The van der Waals surface area contributed by atoms with Gasteiger partial charge in [0.25, 0.3) is 5.91 Å². The van der Waals surface area contributed by atoms with Gasteiger partial charge < -0.3 is 20.1 Å². The Kier molecular flexibility index (Phi) is 10.8. The van der Waals surface area contributed by atoms with Crippen molar-refractivity contribution < 1.29 is 36.2 Å². The Bertz CT molecular complexity index is 1490. The number of anilines is 1. The first-order valence-electron chi connectivity index (χ1n) is 14.7. The largest absolute Gasteiger partial charge is 0.416 e. The molecule has 1 amide bonds. The highest BCUT2D eigenvalue weighted by molar-refractivity contribution is 7.91.